The van der Waals surface area contributed by atoms with Gasteiger partial charge in [0.25, 0.3) is 0 Å². The number of rotatable bonds is 10. The Kier molecular flexibility index (Phi) is 10.5. The molecule has 1 unspecified atom stereocenters. The maximum atomic E-state index is 14.1. The fraction of sp³-hybridized carbons (Fsp3) is 0.519. The molecule has 0 radical (unpaired) electrons. The lowest BCUT2D eigenvalue weighted by atomic mass is 9.87. The van der Waals surface area contributed by atoms with Crippen molar-refractivity contribution in [3.63, 3.8) is 0 Å². The molecule has 1 N–H and O–H groups in total. The second-order valence-corrected chi connectivity index (χ2v) is 9.45. The van der Waals surface area contributed by atoms with Crippen LogP contribution in [0.4, 0.5) is 13.2 Å². The number of halogens is 3. The number of amides is 1. The van der Waals surface area contributed by atoms with Crippen LogP contribution in [0, 0.1) is 5.41 Å². The van der Waals surface area contributed by atoms with Crippen LogP contribution in [0.5, 0.6) is 0 Å². The molecule has 33 heavy (non-hydrogen) atoms. The number of carbonyl (C=O) groups excluding carboxylic acids is 1. The Hall–Kier alpha value is -2.50. The number of alkyl halides is 2. The molecule has 1 aliphatic rings. The molecule has 0 aromatic rings. The second-order valence-electron chi connectivity index (χ2n) is 9.45. The highest BCUT2D eigenvalue weighted by atomic mass is 19.3. The van der Waals surface area contributed by atoms with Gasteiger partial charge in [-0.3, -0.25) is 4.79 Å². The lowest BCUT2D eigenvalue weighted by Gasteiger charge is -2.35. The van der Waals surface area contributed by atoms with Crippen LogP contribution >= 0.6 is 0 Å². The van der Waals surface area contributed by atoms with E-state index in [1.165, 1.54) is 18.2 Å². The third-order valence-corrected chi connectivity index (χ3v) is 5.91. The number of carbonyl (C=O) groups is 1. The molecule has 1 rings (SSSR count). The van der Waals surface area contributed by atoms with E-state index in [1.54, 1.807) is 17.9 Å². The first-order valence-electron chi connectivity index (χ1n) is 11.4. The van der Waals surface area contributed by atoms with E-state index < -0.39 is 23.7 Å². The fourth-order valence-electron chi connectivity index (χ4n) is 3.52. The van der Waals surface area contributed by atoms with Crippen LogP contribution in [0.1, 0.15) is 60.3 Å². The fourth-order valence-corrected chi connectivity index (χ4v) is 3.52. The summed E-state index contributed by atoms with van der Waals surface area (Å²) >= 11 is 0. The minimum absolute atomic E-state index is 0.130. The van der Waals surface area contributed by atoms with Crippen LogP contribution in [-0.4, -0.2) is 35.4 Å². The first-order chi connectivity index (χ1) is 15.3. The van der Waals surface area contributed by atoms with Gasteiger partial charge in [0.05, 0.1) is 0 Å². The van der Waals surface area contributed by atoms with Crippen LogP contribution < -0.4 is 5.32 Å². The van der Waals surface area contributed by atoms with Gasteiger partial charge < -0.3 is 10.2 Å². The topological polar surface area (TPSA) is 32.3 Å². The molecule has 184 valence electrons. The molecule has 0 aromatic heterocycles. The first-order valence-corrected chi connectivity index (χ1v) is 11.4. The van der Waals surface area contributed by atoms with E-state index in [-0.39, 0.29) is 37.1 Å². The van der Waals surface area contributed by atoms with Crippen molar-refractivity contribution in [2.75, 3.05) is 6.54 Å². The third-order valence-electron chi connectivity index (χ3n) is 5.91. The van der Waals surface area contributed by atoms with Gasteiger partial charge in [-0.05, 0) is 55.4 Å². The van der Waals surface area contributed by atoms with E-state index in [2.05, 4.69) is 25.1 Å². The van der Waals surface area contributed by atoms with Crippen LogP contribution in [0.2, 0.25) is 0 Å². The molecule has 0 heterocycles. The van der Waals surface area contributed by atoms with Gasteiger partial charge in [-0.15, -0.1) is 0 Å². The molecule has 1 amide bonds. The molecule has 0 bridgehead atoms. The smallest absolute Gasteiger partial charge is 0.248 e. The summed E-state index contributed by atoms with van der Waals surface area (Å²) in [5.74, 6) is -3.59. The highest BCUT2D eigenvalue weighted by Gasteiger charge is 2.37. The van der Waals surface area contributed by atoms with Crippen molar-refractivity contribution in [2.45, 2.75) is 78.3 Å². The average molecular weight is 465 g/mol. The zero-order valence-corrected chi connectivity index (χ0v) is 20.7. The highest BCUT2D eigenvalue weighted by Crippen LogP contribution is 2.33. The molecule has 1 aliphatic carbocycles. The lowest BCUT2D eigenvalue weighted by Crippen LogP contribution is -2.51. The molecule has 6 heteroatoms. The van der Waals surface area contributed by atoms with E-state index in [0.29, 0.717) is 17.8 Å². The predicted octanol–water partition coefficient (Wildman–Crippen LogP) is 7.03. The number of likely N-dealkylation sites (N-methyl/N-ethyl adjacent to an activating group) is 1. The number of hydrogen-bond donors (Lipinski definition) is 1. The van der Waals surface area contributed by atoms with Crippen LogP contribution in [0.25, 0.3) is 0 Å². The first kappa shape index (κ1) is 28.5. The predicted molar refractivity (Wildman–Crippen MR) is 132 cm³/mol. The van der Waals surface area contributed by atoms with Crippen molar-refractivity contribution in [1.82, 2.24) is 10.2 Å². The van der Waals surface area contributed by atoms with Crippen molar-refractivity contribution in [2.24, 2.45) is 5.41 Å². The summed E-state index contributed by atoms with van der Waals surface area (Å²) in [5.41, 5.74) is 1.67. The minimum Gasteiger partial charge on any atom is -0.357 e. The maximum absolute atomic E-state index is 14.1. The van der Waals surface area contributed by atoms with Crippen LogP contribution in [0.3, 0.4) is 0 Å². The van der Waals surface area contributed by atoms with E-state index in [9.17, 15) is 18.0 Å². The summed E-state index contributed by atoms with van der Waals surface area (Å²) in [7, 11) is 0. The molecular formula is C27H39F3N2O. The molecule has 3 nitrogen and oxygen atoms in total. The highest BCUT2D eigenvalue weighted by molar-refractivity contribution is 5.86. The molecule has 1 saturated carbocycles. The Labute approximate surface area is 197 Å². The normalized spacial score (nSPS) is 18.7. The number of hydrogen-bond acceptors (Lipinski definition) is 2. The maximum Gasteiger partial charge on any atom is 0.248 e. The monoisotopic (exact) mass is 464 g/mol. The van der Waals surface area contributed by atoms with Crippen molar-refractivity contribution < 1.29 is 18.0 Å². The molecule has 1 fully saturated rings. The van der Waals surface area contributed by atoms with Crippen molar-refractivity contribution in [3.8, 4) is 0 Å². The summed E-state index contributed by atoms with van der Waals surface area (Å²) in [6, 6.07) is -1.28. The lowest BCUT2D eigenvalue weighted by molar-refractivity contribution is -0.126. The zero-order chi connectivity index (χ0) is 25.4. The van der Waals surface area contributed by atoms with Gasteiger partial charge >= 0.3 is 0 Å². The van der Waals surface area contributed by atoms with Crippen LogP contribution in [0.15, 0.2) is 72.8 Å². The average Bonchev–Trinajstić information content (AvgIpc) is 2.74. The van der Waals surface area contributed by atoms with E-state index in [4.69, 9.17) is 0 Å². The van der Waals surface area contributed by atoms with Gasteiger partial charge in [0.15, 0.2) is 0 Å². The van der Waals surface area contributed by atoms with E-state index >= 15 is 0 Å². The molecule has 0 saturated heterocycles. The number of nitrogens with one attached hydrogen (secondary N) is 1. The summed E-state index contributed by atoms with van der Waals surface area (Å²) in [6.45, 7) is 21.9. The standard InChI is InChI=1S/C27H39F3N2O/c1-9-21(18-22(28)10-2)24(25(33)31-23-14-16-27(29,30)17-15-23)32(11-3)20(5)13-12-19(4)26(6,7)8/h9-10,12-13,18,23-24H,1,4-5,11,14-17H2,2-3,6-8H3,(H,31,33)/b13-12-,21-18+,22-10+. The Morgan fingerprint density at radius 3 is 2.24 bits per heavy atom. The quantitative estimate of drug-likeness (QED) is 0.352. The Balaban J connectivity index is 3.26. The number of allylic oxidation sites excluding steroid dienone is 6. The molecular weight excluding hydrogens is 425 g/mol. The van der Waals surface area contributed by atoms with Crippen molar-refractivity contribution >= 4 is 5.91 Å². The Morgan fingerprint density at radius 1 is 1.21 bits per heavy atom. The van der Waals surface area contributed by atoms with Crippen LogP contribution in [-0.2, 0) is 4.79 Å². The van der Waals surface area contributed by atoms with Gasteiger partial charge in [0, 0.05) is 31.1 Å². The zero-order valence-electron chi connectivity index (χ0n) is 20.7. The summed E-state index contributed by atoms with van der Waals surface area (Å²) < 4.78 is 41.2. The van der Waals surface area contributed by atoms with Gasteiger partial charge in [-0.1, -0.05) is 58.7 Å². The molecule has 1 atom stereocenters. The summed E-state index contributed by atoms with van der Waals surface area (Å²) in [5, 5.41) is 2.89. The SMILES string of the molecule is C=C/C(=C\C(F)=C/C)C(C(=O)NC1CCC(F)(F)CC1)N(CC)C(=C)/C=C\C(=C)C(C)(C)C. The molecule has 0 aromatic carbocycles. The van der Waals surface area contributed by atoms with E-state index in [1.807, 2.05) is 33.8 Å². The summed E-state index contributed by atoms with van der Waals surface area (Å²) in [4.78, 5) is 15.1. The molecule has 0 spiro atoms. The van der Waals surface area contributed by atoms with Crippen molar-refractivity contribution in [3.05, 3.63) is 72.8 Å². The van der Waals surface area contributed by atoms with E-state index in [0.717, 1.165) is 5.57 Å². The van der Waals surface area contributed by atoms with Gasteiger partial charge in [-0.2, -0.15) is 0 Å². The Morgan fingerprint density at radius 2 is 1.79 bits per heavy atom. The largest absolute Gasteiger partial charge is 0.357 e. The van der Waals surface area contributed by atoms with Crippen molar-refractivity contribution in [1.29, 1.82) is 0 Å². The van der Waals surface area contributed by atoms with Gasteiger partial charge in [-0.25, -0.2) is 13.2 Å². The number of nitrogens with zero attached hydrogens (tertiary/aromatic N) is 1. The molecule has 0 aliphatic heterocycles. The van der Waals surface area contributed by atoms with Gasteiger partial charge in [0.2, 0.25) is 11.8 Å². The summed E-state index contributed by atoms with van der Waals surface area (Å²) in [6.07, 6.45) is 7.50. The minimum atomic E-state index is -2.69. The second kappa shape index (κ2) is 12.1. The van der Waals surface area contributed by atoms with Gasteiger partial charge in [0.1, 0.15) is 11.9 Å². The Bertz CT molecular complexity index is 821. The third kappa shape index (κ3) is 8.75.